The van der Waals surface area contributed by atoms with Gasteiger partial charge in [0.05, 0.1) is 17.1 Å². The number of pyridine rings is 1. The van der Waals surface area contributed by atoms with Crippen LogP contribution in [0.5, 0.6) is 5.75 Å². The van der Waals surface area contributed by atoms with Gasteiger partial charge in [-0.3, -0.25) is 19.8 Å². The number of aliphatic imine (C=N–C) groups is 2. The number of nitrogens with zero attached hydrogens (tertiary/aromatic N) is 6. The van der Waals surface area contributed by atoms with Gasteiger partial charge in [0.25, 0.3) is 0 Å². The van der Waals surface area contributed by atoms with Crippen LogP contribution < -0.4 is 10.1 Å². The van der Waals surface area contributed by atoms with Gasteiger partial charge in [-0.2, -0.15) is 5.10 Å². The van der Waals surface area contributed by atoms with Gasteiger partial charge in [0.2, 0.25) is 0 Å². The first-order chi connectivity index (χ1) is 20.8. The fourth-order valence-corrected chi connectivity index (χ4v) is 3.61. The molecule has 0 radical (unpaired) electrons. The third-order valence-corrected chi connectivity index (χ3v) is 5.84. The minimum Gasteiger partial charge on any atom is -0.490 e. The number of nitrogens with one attached hydrogen (secondary N) is 1. The van der Waals surface area contributed by atoms with Crippen molar-refractivity contribution >= 4 is 34.9 Å². The Bertz CT molecular complexity index is 1490. The molecule has 0 aliphatic carbocycles. The number of hydrogen-bond acceptors (Lipinski definition) is 9. The van der Waals surface area contributed by atoms with Crippen molar-refractivity contribution < 1.29 is 9.53 Å². The first-order valence-corrected chi connectivity index (χ1v) is 14.3. The van der Waals surface area contributed by atoms with Crippen LogP contribution in [0.3, 0.4) is 0 Å². The predicted molar refractivity (Wildman–Crippen MR) is 184 cm³/mol. The minimum atomic E-state index is 0.0787. The molecule has 1 N–H and O–H groups in total. The molecule has 2 aromatic heterocycles. The van der Waals surface area contributed by atoms with Crippen molar-refractivity contribution in [2.75, 3.05) is 39.6 Å². The van der Waals surface area contributed by atoms with Crippen LogP contribution >= 0.6 is 0 Å². The van der Waals surface area contributed by atoms with E-state index < -0.39 is 0 Å². The zero-order chi connectivity index (χ0) is 33.2. The van der Waals surface area contributed by atoms with Crippen molar-refractivity contribution in [2.45, 2.75) is 55.4 Å². The van der Waals surface area contributed by atoms with E-state index in [2.05, 4.69) is 41.3 Å². The number of carbonyl (C=O) groups excluding carboxylic acids is 1. The number of aromatic nitrogens is 3. The van der Waals surface area contributed by atoms with Crippen LogP contribution in [0.15, 0.2) is 58.0 Å². The third-order valence-electron chi connectivity index (χ3n) is 5.84. The summed E-state index contributed by atoms with van der Waals surface area (Å²) < 4.78 is 5.95. The Balaban J connectivity index is 0.000000399. The molecule has 3 rings (SSSR count). The van der Waals surface area contributed by atoms with Crippen LogP contribution in [0.2, 0.25) is 0 Å². The van der Waals surface area contributed by atoms with Crippen molar-refractivity contribution in [2.24, 2.45) is 9.98 Å². The number of Topliss-reactive ketones (excluding diaryl/α,β-unsaturated/α-hetero) is 1. The van der Waals surface area contributed by atoms with Crippen LogP contribution in [0.1, 0.15) is 60.7 Å². The lowest BCUT2D eigenvalue weighted by atomic mass is 10.1. The van der Waals surface area contributed by atoms with E-state index in [0.29, 0.717) is 18.1 Å². The monoisotopic (exact) mass is 597 g/mol. The molecule has 0 saturated carbocycles. The van der Waals surface area contributed by atoms with E-state index in [4.69, 9.17) is 11.2 Å². The number of likely N-dealkylation sites (N-methyl/N-ethyl adjacent to an activating group) is 1. The highest BCUT2D eigenvalue weighted by atomic mass is 16.5. The fraction of sp³-hybridized carbons (Fsp3) is 0.371. The highest BCUT2D eigenvalue weighted by molar-refractivity contribution is 6.08. The molecule has 234 valence electrons. The molecule has 9 nitrogen and oxygen atoms in total. The predicted octanol–water partition coefficient (Wildman–Crippen LogP) is 7.06. The van der Waals surface area contributed by atoms with Crippen molar-refractivity contribution in [1.29, 1.82) is 0 Å². The minimum absolute atomic E-state index is 0.0787. The van der Waals surface area contributed by atoms with Gasteiger partial charge in [0.15, 0.2) is 11.6 Å². The highest BCUT2D eigenvalue weighted by Gasteiger charge is 2.10. The number of ketones is 1. The van der Waals surface area contributed by atoms with Crippen molar-refractivity contribution in [3.63, 3.8) is 0 Å². The van der Waals surface area contributed by atoms with Gasteiger partial charge in [-0.05, 0) is 118 Å². The molecular formula is C35H47N7O2. The number of rotatable bonds is 9. The van der Waals surface area contributed by atoms with E-state index in [0.717, 1.165) is 51.9 Å². The number of allylic oxidation sites excluding steroid dienone is 2. The molecule has 9 heteroatoms. The maximum Gasteiger partial charge on any atom is 0.161 e. The topological polar surface area (TPSA) is 105 Å². The summed E-state index contributed by atoms with van der Waals surface area (Å²) in [6.45, 7) is 16.6. The average Bonchev–Trinajstić information content (AvgIpc) is 2.95. The molecular weight excluding hydrogens is 550 g/mol. The maximum absolute atomic E-state index is 10.9. The number of benzene rings is 1. The molecule has 44 heavy (non-hydrogen) atoms. The van der Waals surface area contributed by atoms with Crippen LogP contribution in [-0.2, 0) is 0 Å². The lowest BCUT2D eigenvalue weighted by molar-refractivity contribution is 0.101. The van der Waals surface area contributed by atoms with E-state index >= 15 is 0 Å². The van der Waals surface area contributed by atoms with Crippen molar-refractivity contribution in [3.05, 3.63) is 76.3 Å². The normalized spacial score (nSPS) is 10.7. The first-order valence-electron chi connectivity index (χ1n) is 14.3. The number of ether oxygens (including phenoxy) is 1. The van der Waals surface area contributed by atoms with Crippen LogP contribution in [0.4, 0.5) is 17.2 Å². The molecule has 0 unspecified atom stereocenters. The SMILES string of the molecule is C#CC(C=C(C)C)=NC.CC(=O)c1ccc(C)nc1C.CC=Nc1cc(Nc2ccc(C)nn2)c(OCCN(C)C)cc1C. The molecule has 2 heterocycles. The van der Waals surface area contributed by atoms with Crippen LogP contribution in [-0.4, -0.2) is 72.1 Å². The van der Waals surface area contributed by atoms with Gasteiger partial charge in [0.1, 0.15) is 18.1 Å². The van der Waals surface area contributed by atoms with E-state index in [1.165, 1.54) is 5.57 Å². The van der Waals surface area contributed by atoms with E-state index in [-0.39, 0.29) is 5.78 Å². The summed E-state index contributed by atoms with van der Waals surface area (Å²) in [5.74, 6) is 3.99. The summed E-state index contributed by atoms with van der Waals surface area (Å²) in [5.41, 5.74) is 8.04. The smallest absolute Gasteiger partial charge is 0.161 e. The quantitative estimate of drug-likeness (QED) is 0.160. The standard InChI is InChI=1S/C18H25N5O.C9H11NO.C8H11N/c1-6-19-15-12-16(20-18-8-7-14(3)21-22-18)17(11-13(15)2)24-10-9-23(4)5;1-6-4-5-9(8(3)11)7(2)10-6;1-5-8(9-4)6-7(2)3/h6-8,11-12H,9-10H2,1-5H3,(H,20,22);4-5H,1-3H3;1,6H,2-4H3. The Hall–Kier alpha value is -4.68. The number of anilines is 2. The molecule has 0 atom stereocenters. The molecule has 0 fully saturated rings. The zero-order valence-corrected chi connectivity index (χ0v) is 28.1. The summed E-state index contributed by atoms with van der Waals surface area (Å²) in [6, 6.07) is 11.5. The van der Waals surface area contributed by atoms with E-state index in [9.17, 15) is 4.79 Å². The molecule has 0 bridgehead atoms. The van der Waals surface area contributed by atoms with Crippen molar-refractivity contribution in [1.82, 2.24) is 20.1 Å². The summed E-state index contributed by atoms with van der Waals surface area (Å²) in [7, 11) is 5.73. The third kappa shape index (κ3) is 14.0. The second kappa shape index (κ2) is 19.5. The average molecular weight is 598 g/mol. The van der Waals surface area contributed by atoms with Gasteiger partial charge in [0, 0.05) is 36.8 Å². The zero-order valence-electron chi connectivity index (χ0n) is 28.1. The molecule has 0 aliphatic heterocycles. The Morgan fingerprint density at radius 3 is 2.20 bits per heavy atom. The molecule has 1 aromatic carbocycles. The molecule has 0 saturated heterocycles. The highest BCUT2D eigenvalue weighted by Crippen LogP contribution is 2.34. The Morgan fingerprint density at radius 2 is 1.73 bits per heavy atom. The summed E-state index contributed by atoms with van der Waals surface area (Å²) >= 11 is 0. The number of hydrogen-bond donors (Lipinski definition) is 1. The summed E-state index contributed by atoms with van der Waals surface area (Å²) in [4.78, 5) is 25.5. The summed E-state index contributed by atoms with van der Waals surface area (Å²) in [5, 5.41) is 11.5. The van der Waals surface area contributed by atoms with Gasteiger partial charge >= 0.3 is 0 Å². The van der Waals surface area contributed by atoms with E-state index in [1.54, 1.807) is 20.2 Å². The Kier molecular flexibility index (Phi) is 16.5. The lowest BCUT2D eigenvalue weighted by Gasteiger charge is -2.16. The molecule has 3 aromatic rings. The summed E-state index contributed by atoms with van der Waals surface area (Å²) in [6.07, 6.45) is 8.76. The number of carbonyl (C=O) groups is 1. The Labute approximate surface area is 263 Å². The number of aryl methyl sites for hydroxylation is 4. The fourth-order valence-electron chi connectivity index (χ4n) is 3.61. The second-order valence-corrected chi connectivity index (χ2v) is 10.5. The largest absolute Gasteiger partial charge is 0.490 e. The van der Waals surface area contributed by atoms with Gasteiger partial charge in [-0.15, -0.1) is 11.5 Å². The molecule has 0 spiro atoms. The van der Waals surface area contributed by atoms with Crippen molar-refractivity contribution in [3.8, 4) is 18.1 Å². The molecule has 0 aliphatic rings. The Morgan fingerprint density at radius 1 is 1.05 bits per heavy atom. The van der Waals surface area contributed by atoms with Gasteiger partial charge in [-0.25, -0.2) is 0 Å². The van der Waals surface area contributed by atoms with Gasteiger partial charge < -0.3 is 15.0 Å². The van der Waals surface area contributed by atoms with Crippen LogP contribution in [0, 0.1) is 40.0 Å². The first kappa shape index (κ1) is 37.3. The lowest BCUT2D eigenvalue weighted by Crippen LogP contribution is -2.19. The van der Waals surface area contributed by atoms with E-state index in [1.807, 2.05) is 105 Å². The van der Waals surface area contributed by atoms with Crippen LogP contribution in [0.25, 0.3) is 0 Å². The second-order valence-electron chi connectivity index (χ2n) is 10.5. The number of terminal acetylenes is 1. The van der Waals surface area contributed by atoms with Gasteiger partial charge in [-0.1, -0.05) is 11.5 Å². The molecule has 0 amide bonds. The maximum atomic E-state index is 10.9.